The highest BCUT2D eigenvalue weighted by atomic mass is 16.5. The van der Waals surface area contributed by atoms with Crippen molar-refractivity contribution in [1.82, 2.24) is 0 Å². The summed E-state index contributed by atoms with van der Waals surface area (Å²) >= 11 is 0. The number of benzene rings is 1. The van der Waals surface area contributed by atoms with Crippen molar-refractivity contribution in [2.24, 2.45) is 23.2 Å². The molecule has 31 heavy (non-hydrogen) atoms. The van der Waals surface area contributed by atoms with Gasteiger partial charge in [0, 0.05) is 18.3 Å². The van der Waals surface area contributed by atoms with Crippen molar-refractivity contribution < 1.29 is 19.4 Å². The highest BCUT2D eigenvalue weighted by molar-refractivity contribution is 5.87. The number of Topliss-reactive ketones (excluding diaryl/α,β-unsaturated/α-hetero) is 1. The van der Waals surface area contributed by atoms with Crippen LogP contribution >= 0.6 is 0 Å². The van der Waals surface area contributed by atoms with Crippen LogP contribution in [0.3, 0.4) is 0 Å². The normalized spacial score (nSPS) is 31.0. The van der Waals surface area contributed by atoms with Crippen molar-refractivity contribution in [3.8, 4) is 5.75 Å². The van der Waals surface area contributed by atoms with Crippen LogP contribution < -0.4 is 4.74 Å². The largest absolute Gasteiger partial charge is 0.497 e. The number of carboxylic acid groups (broad SMARTS) is 1. The quantitative estimate of drug-likeness (QED) is 0.510. The molecule has 4 heteroatoms. The van der Waals surface area contributed by atoms with Crippen LogP contribution in [-0.2, 0) is 16.0 Å². The molecule has 1 N–H and O–H groups in total. The van der Waals surface area contributed by atoms with Gasteiger partial charge in [0.15, 0.2) is 0 Å². The fourth-order valence-corrected chi connectivity index (χ4v) is 6.87. The van der Waals surface area contributed by atoms with E-state index in [9.17, 15) is 9.59 Å². The minimum atomic E-state index is -0.707. The van der Waals surface area contributed by atoms with Crippen molar-refractivity contribution in [2.45, 2.75) is 90.9 Å². The van der Waals surface area contributed by atoms with Crippen molar-refractivity contribution in [2.75, 3.05) is 7.11 Å². The number of aliphatic carboxylic acids is 1. The lowest BCUT2D eigenvalue weighted by Crippen LogP contribution is -2.44. The average molecular weight is 429 g/mol. The molecule has 2 saturated carbocycles. The SMILES string of the molecule is CC.COc1ccc2c(c1)CCC1C2CCC2(C)C(=O)CC(CCCCCC(=O)O)C12. The van der Waals surface area contributed by atoms with Gasteiger partial charge >= 0.3 is 5.97 Å². The van der Waals surface area contributed by atoms with E-state index in [2.05, 4.69) is 25.1 Å². The lowest BCUT2D eigenvalue weighted by atomic mass is 9.54. The first-order valence-corrected chi connectivity index (χ1v) is 12.4. The highest BCUT2D eigenvalue weighted by Gasteiger charge is 2.58. The molecule has 5 atom stereocenters. The highest BCUT2D eigenvalue weighted by Crippen LogP contribution is 2.62. The third-order valence-corrected chi connectivity index (χ3v) is 8.24. The summed E-state index contributed by atoms with van der Waals surface area (Å²) < 4.78 is 5.43. The molecule has 0 aromatic heterocycles. The molecule has 0 heterocycles. The van der Waals surface area contributed by atoms with Crippen LogP contribution in [0.25, 0.3) is 0 Å². The Bertz CT molecular complexity index is 785. The molecule has 4 rings (SSSR count). The second-order valence-electron chi connectivity index (χ2n) is 9.74. The third-order valence-electron chi connectivity index (χ3n) is 8.24. The van der Waals surface area contributed by atoms with Crippen molar-refractivity contribution >= 4 is 11.8 Å². The molecule has 5 unspecified atom stereocenters. The maximum Gasteiger partial charge on any atom is 0.303 e. The van der Waals surface area contributed by atoms with Crippen LogP contribution in [0.1, 0.15) is 95.6 Å². The van der Waals surface area contributed by atoms with Gasteiger partial charge < -0.3 is 9.84 Å². The summed E-state index contributed by atoms with van der Waals surface area (Å²) in [6, 6.07) is 6.57. The number of ketones is 1. The molecular formula is C27H40O4. The van der Waals surface area contributed by atoms with E-state index in [4.69, 9.17) is 9.84 Å². The molecule has 3 aliphatic rings. The Labute approximate surface area is 187 Å². The van der Waals surface area contributed by atoms with E-state index in [1.807, 2.05) is 13.8 Å². The van der Waals surface area contributed by atoms with Gasteiger partial charge in [0.1, 0.15) is 11.5 Å². The zero-order valence-corrected chi connectivity index (χ0v) is 19.8. The van der Waals surface area contributed by atoms with Crippen LogP contribution in [0, 0.1) is 23.2 Å². The van der Waals surface area contributed by atoms with E-state index in [0.717, 1.165) is 57.1 Å². The Morgan fingerprint density at radius 2 is 1.97 bits per heavy atom. The Balaban J connectivity index is 0.00000132. The molecule has 4 nitrogen and oxygen atoms in total. The first kappa shape index (κ1) is 23.8. The number of rotatable bonds is 7. The number of methoxy groups -OCH3 is 1. The van der Waals surface area contributed by atoms with Gasteiger partial charge in [-0.3, -0.25) is 9.59 Å². The van der Waals surface area contributed by atoms with Gasteiger partial charge in [0.25, 0.3) is 0 Å². The monoisotopic (exact) mass is 428 g/mol. The smallest absolute Gasteiger partial charge is 0.303 e. The number of fused-ring (bicyclic) bond motifs is 5. The number of aryl methyl sites for hydroxylation is 1. The summed E-state index contributed by atoms with van der Waals surface area (Å²) in [5.74, 6) is 2.86. The summed E-state index contributed by atoms with van der Waals surface area (Å²) in [4.78, 5) is 23.8. The number of carboxylic acids is 1. The Hall–Kier alpha value is -1.84. The zero-order chi connectivity index (χ0) is 22.6. The Kier molecular flexibility index (Phi) is 7.82. The molecule has 0 spiro atoms. The number of ether oxygens (including phenoxy) is 1. The van der Waals surface area contributed by atoms with E-state index in [0.29, 0.717) is 29.5 Å². The summed E-state index contributed by atoms with van der Waals surface area (Å²) in [5, 5.41) is 8.84. The number of carbonyl (C=O) groups excluding carboxylic acids is 1. The van der Waals surface area contributed by atoms with Crippen LogP contribution in [0.2, 0.25) is 0 Å². The third kappa shape index (κ3) is 4.68. The second-order valence-corrected chi connectivity index (χ2v) is 9.74. The van der Waals surface area contributed by atoms with Crippen LogP contribution in [0.5, 0.6) is 5.75 Å². The van der Waals surface area contributed by atoms with Crippen LogP contribution in [0.4, 0.5) is 0 Å². The van der Waals surface area contributed by atoms with E-state index in [1.165, 1.54) is 17.5 Å². The molecular weight excluding hydrogens is 388 g/mol. The fraction of sp³-hybridized carbons (Fsp3) is 0.704. The van der Waals surface area contributed by atoms with Crippen molar-refractivity contribution in [3.05, 3.63) is 29.3 Å². The molecule has 1 aromatic rings. The summed E-state index contributed by atoms with van der Waals surface area (Å²) in [6.45, 7) is 6.24. The topological polar surface area (TPSA) is 63.6 Å². The van der Waals surface area contributed by atoms with Crippen LogP contribution in [-0.4, -0.2) is 24.0 Å². The molecule has 172 valence electrons. The van der Waals surface area contributed by atoms with Crippen molar-refractivity contribution in [1.29, 1.82) is 0 Å². The molecule has 0 bridgehead atoms. The maximum atomic E-state index is 13.0. The fourth-order valence-electron chi connectivity index (χ4n) is 6.87. The van der Waals surface area contributed by atoms with Gasteiger partial charge in [-0.2, -0.15) is 0 Å². The molecule has 0 radical (unpaired) electrons. The molecule has 0 amide bonds. The summed E-state index contributed by atoms with van der Waals surface area (Å²) in [7, 11) is 1.73. The van der Waals surface area contributed by atoms with E-state index >= 15 is 0 Å². The van der Waals surface area contributed by atoms with Gasteiger partial charge in [-0.1, -0.05) is 39.7 Å². The van der Waals surface area contributed by atoms with Crippen LogP contribution in [0.15, 0.2) is 18.2 Å². The lowest BCUT2D eigenvalue weighted by molar-refractivity contribution is -0.137. The Morgan fingerprint density at radius 3 is 2.68 bits per heavy atom. The first-order valence-electron chi connectivity index (χ1n) is 12.4. The Morgan fingerprint density at radius 1 is 1.19 bits per heavy atom. The average Bonchev–Trinajstić information content (AvgIpc) is 3.04. The number of hydrogen-bond acceptors (Lipinski definition) is 3. The molecule has 0 saturated heterocycles. The van der Waals surface area contributed by atoms with E-state index in [-0.39, 0.29) is 11.8 Å². The molecule has 1 aromatic carbocycles. The standard InChI is InChI=1S/C25H34O4.C2H6/c1-25-13-12-20-19-11-9-18(29-2)14-16(19)8-10-21(20)24(25)17(15-22(25)26)6-4-3-5-7-23(27)28;1-2/h9,11,14,17,20-21,24H,3-8,10,12-13,15H2,1-2H3,(H,27,28);1-2H3. The molecule has 0 aliphatic heterocycles. The predicted octanol–water partition coefficient (Wildman–Crippen LogP) is 6.41. The lowest BCUT2D eigenvalue weighted by Gasteiger charge is -2.50. The number of hydrogen-bond donors (Lipinski definition) is 1. The van der Waals surface area contributed by atoms with Gasteiger partial charge in [0.05, 0.1) is 7.11 Å². The summed E-state index contributed by atoms with van der Waals surface area (Å²) in [6.07, 6.45) is 9.21. The molecule has 3 aliphatic carbocycles. The molecule has 2 fully saturated rings. The second kappa shape index (κ2) is 10.2. The van der Waals surface area contributed by atoms with Crippen molar-refractivity contribution in [3.63, 3.8) is 0 Å². The number of unbranched alkanes of at least 4 members (excludes halogenated alkanes) is 2. The van der Waals surface area contributed by atoms with Gasteiger partial charge in [0.2, 0.25) is 0 Å². The summed E-state index contributed by atoms with van der Waals surface area (Å²) in [5.41, 5.74) is 2.78. The number of carbonyl (C=O) groups is 2. The first-order chi connectivity index (χ1) is 14.9. The zero-order valence-electron chi connectivity index (χ0n) is 19.8. The maximum absolute atomic E-state index is 13.0. The predicted molar refractivity (Wildman–Crippen MR) is 124 cm³/mol. The minimum Gasteiger partial charge on any atom is -0.497 e. The minimum absolute atomic E-state index is 0.142. The van der Waals surface area contributed by atoms with E-state index < -0.39 is 5.97 Å². The van der Waals surface area contributed by atoms with Gasteiger partial charge in [-0.05, 0) is 85.5 Å². The van der Waals surface area contributed by atoms with Gasteiger partial charge in [-0.25, -0.2) is 0 Å². The van der Waals surface area contributed by atoms with E-state index in [1.54, 1.807) is 7.11 Å². The van der Waals surface area contributed by atoms with Gasteiger partial charge in [-0.15, -0.1) is 0 Å².